The number of fused-ring (bicyclic) bond motifs is 1. The third-order valence-corrected chi connectivity index (χ3v) is 2.76. The molecule has 0 fully saturated rings. The Hall–Kier alpha value is -1.68. The minimum Gasteiger partial charge on any atom is -0.312 e. The number of nitrogens with one attached hydrogen (secondary N) is 1. The van der Waals surface area contributed by atoms with E-state index >= 15 is 0 Å². The Morgan fingerprint density at radius 1 is 1.27 bits per heavy atom. The first kappa shape index (κ1) is 8.61. The van der Waals surface area contributed by atoms with E-state index in [0.717, 1.165) is 25.2 Å². The second-order valence-corrected chi connectivity index (χ2v) is 3.73. The molecule has 1 aromatic heterocycles. The highest BCUT2D eigenvalue weighted by Crippen LogP contribution is 2.17. The molecule has 4 nitrogen and oxygen atoms in total. The van der Waals surface area contributed by atoms with Crippen LogP contribution in [0.15, 0.2) is 30.6 Å². The molecule has 0 saturated heterocycles. The van der Waals surface area contributed by atoms with Gasteiger partial charge in [0.15, 0.2) is 0 Å². The number of aromatic nitrogens is 3. The van der Waals surface area contributed by atoms with Crippen molar-refractivity contribution in [3.63, 3.8) is 0 Å². The van der Waals surface area contributed by atoms with Crippen LogP contribution in [-0.2, 0) is 13.0 Å². The van der Waals surface area contributed by atoms with Gasteiger partial charge in [0.25, 0.3) is 0 Å². The van der Waals surface area contributed by atoms with Gasteiger partial charge < -0.3 is 5.32 Å². The Morgan fingerprint density at radius 2 is 2.27 bits per heavy atom. The van der Waals surface area contributed by atoms with Gasteiger partial charge in [0.1, 0.15) is 0 Å². The molecule has 0 radical (unpaired) electrons. The van der Waals surface area contributed by atoms with E-state index in [0.29, 0.717) is 0 Å². The lowest BCUT2D eigenvalue weighted by atomic mass is 10.0. The molecule has 76 valence electrons. The first-order chi connectivity index (χ1) is 7.43. The van der Waals surface area contributed by atoms with Gasteiger partial charge in [-0.2, -0.15) is 0 Å². The molecule has 0 amide bonds. The van der Waals surface area contributed by atoms with Crippen LogP contribution in [0.5, 0.6) is 0 Å². The first-order valence-corrected chi connectivity index (χ1v) is 5.13. The SMILES string of the molecule is c1cn(-c2ccc3c(c2)CNCC3)nn1. The van der Waals surface area contributed by atoms with E-state index in [4.69, 9.17) is 0 Å². The van der Waals surface area contributed by atoms with Crippen molar-refractivity contribution in [1.82, 2.24) is 20.3 Å². The summed E-state index contributed by atoms with van der Waals surface area (Å²) < 4.78 is 1.79. The molecule has 1 aliphatic rings. The first-order valence-electron chi connectivity index (χ1n) is 5.13. The van der Waals surface area contributed by atoms with Crippen LogP contribution in [0.4, 0.5) is 0 Å². The van der Waals surface area contributed by atoms with Gasteiger partial charge in [-0.3, -0.25) is 0 Å². The Kier molecular flexibility index (Phi) is 1.99. The van der Waals surface area contributed by atoms with E-state index in [9.17, 15) is 0 Å². The second kappa shape index (κ2) is 3.47. The smallest absolute Gasteiger partial charge is 0.0697 e. The third kappa shape index (κ3) is 1.53. The van der Waals surface area contributed by atoms with Gasteiger partial charge in [-0.15, -0.1) is 5.10 Å². The van der Waals surface area contributed by atoms with E-state index in [1.807, 2.05) is 6.20 Å². The zero-order chi connectivity index (χ0) is 10.1. The van der Waals surface area contributed by atoms with Crippen molar-refractivity contribution in [3.05, 3.63) is 41.7 Å². The second-order valence-electron chi connectivity index (χ2n) is 3.73. The van der Waals surface area contributed by atoms with Crippen molar-refractivity contribution in [2.45, 2.75) is 13.0 Å². The summed E-state index contributed by atoms with van der Waals surface area (Å²) in [5.74, 6) is 0. The molecule has 3 rings (SSSR count). The minimum absolute atomic E-state index is 0.956. The highest BCUT2D eigenvalue weighted by molar-refractivity contribution is 5.41. The van der Waals surface area contributed by atoms with Crippen molar-refractivity contribution in [1.29, 1.82) is 0 Å². The van der Waals surface area contributed by atoms with Crippen molar-refractivity contribution in [2.24, 2.45) is 0 Å². The zero-order valence-electron chi connectivity index (χ0n) is 8.35. The maximum atomic E-state index is 3.98. The van der Waals surface area contributed by atoms with Crippen LogP contribution in [0.1, 0.15) is 11.1 Å². The molecule has 0 aliphatic carbocycles. The lowest BCUT2D eigenvalue weighted by Crippen LogP contribution is -2.23. The number of benzene rings is 1. The molecule has 1 aromatic carbocycles. The topological polar surface area (TPSA) is 42.7 Å². The Morgan fingerprint density at radius 3 is 3.13 bits per heavy atom. The summed E-state index contributed by atoms with van der Waals surface area (Å²) in [6, 6.07) is 6.46. The standard InChI is InChI=1S/C11H12N4/c1-2-11(15-6-5-13-14-15)7-10-8-12-4-3-9(1)10/h1-2,5-7,12H,3-4,8H2. The molecule has 0 spiro atoms. The summed E-state index contributed by atoms with van der Waals surface area (Å²) in [6.07, 6.45) is 4.67. The van der Waals surface area contributed by atoms with E-state index in [1.165, 1.54) is 11.1 Å². The lowest BCUT2D eigenvalue weighted by Gasteiger charge is -2.17. The maximum Gasteiger partial charge on any atom is 0.0697 e. The molecule has 0 unspecified atom stereocenters. The van der Waals surface area contributed by atoms with Gasteiger partial charge in [0.2, 0.25) is 0 Å². The molecule has 2 aromatic rings. The molecule has 2 heterocycles. The van der Waals surface area contributed by atoms with Gasteiger partial charge >= 0.3 is 0 Å². The summed E-state index contributed by atoms with van der Waals surface area (Å²) in [6.45, 7) is 2.04. The maximum absolute atomic E-state index is 3.98. The van der Waals surface area contributed by atoms with Crippen LogP contribution in [0.2, 0.25) is 0 Å². The van der Waals surface area contributed by atoms with Gasteiger partial charge in [-0.05, 0) is 36.2 Å². The largest absolute Gasteiger partial charge is 0.312 e. The number of rotatable bonds is 1. The predicted octanol–water partition coefficient (Wildman–Crippen LogP) is 0.913. The molecule has 4 heteroatoms. The molecule has 1 aliphatic heterocycles. The van der Waals surface area contributed by atoms with Crippen LogP contribution in [0, 0.1) is 0 Å². The van der Waals surface area contributed by atoms with Gasteiger partial charge in [-0.1, -0.05) is 11.3 Å². The Balaban J connectivity index is 2.04. The van der Waals surface area contributed by atoms with Gasteiger partial charge in [0.05, 0.1) is 18.1 Å². The average Bonchev–Trinajstić information content (AvgIpc) is 2.82. The van der Waals surface area contributed by atoms with Crippen molar-refractivity contribution in [3.8, 4) is 5.69 Å². The molecule has 0 bridgehead atoms. The number of hydrogen-bond acceptors (Lipinski definition) is 3. The highest BCUT2D eigenvalue weighted by Gasteiger charge is 2.09. The Labute approximate surface area is 87.9 Å². The fraction of sp³-hybridized carbons (Fsp3) is 0.273. The molecule has 15 heavy (non-hydrogen) atoms. The average molecular weight is 200 g/mol. The van der Waals surface area contributed by atoms with E-state index in [1.54, 1.807) is 10.9 Å². The summed E-state index contributed by atoms with van der Waals surface area (Å²) in [7, 11) is 0. The van der Waals surface area contributed by atoms with E-state index in [2.05, 4.69) is 33.8 Å². The Bertz CT molecular complexity index is 461. The van der Waals surface area contributed by atoms with Crippen molar-refractivity contribution < 1.29 is 0 Å². The molecule has 1 N–H and O–H groups in total. The van der Waals surface area contributed by atoms with Crippen LogP contribution in [0.25, 0.3) is 5.69 Å². The summed E-state index contributed by atoms with van der Waals surface area (Å²) in [5, 5.41) is 11.2. The fourth-order valence-corrected chi connectivity index (χ4v) is 1.96. The lowest BCUT2D eigenvalue weighted by molar-refractivity contribution is 0.642. The van der Waals surface area contributed by atoms with Crippen LogP contribution in [-0.4, -0.2) is 21.5 Å². The van der Waals surface area contributed by atoms with Crippen LogP contribution >= 0.6 is 0 Å². The van der Waals surface area contributed by atoms with Crippen LogP contribution < -0.4 is 5.32 Å². The molecular formula is C11H12N4. The van der Waals surface area contributed by atoms with Gasteiger partial charge in [0, 0.05) is 6.54 Å². The third-order valence-electron chi connectivity index (χ3n) is 2.76. The summed E-state index contributed by atoms with van der Waals surface area (Å²) in [5.41, 5.74) is 3.89. The molecule has 0 atom stereocenters. The molecule has 0 saturated carbocycles. The van der Waals surface area contributed by atoms with E-state index in [-0.39, 0.29) is 0 Å². The normalized spacial score (nSPS) is 14.9. The quantitative estimate of drug-likeness (QED) is 0.744. The van der Waals surface area contributed by atoms with E-state index < -0.39 is 0 Å². The van der Waals surface area contributed by atoms with Crippen molar-refractivity contribution in [2.75, 3.05) is 6.54 Å². The predicted molar refractivity (Wildman–Crippen MR) is 56.8 cm³/mol. The number of nitrogens with zero attached hydrogens (tertiary/aromatic N) is 3. The fourth-order valence-electron chi connectivity index (χ4n) is 1.96. The summed E-state index contributed by atoms with van der Waals surface area (Å²) in [4.78, 5) is 0. The zero-order valence-corrected chi connectivity index (χ0v) is 8.35. The van der Waals surface area contributed by atoms with Gasteiger partial charge in [-0.25, -0.2) is 4.68 Å². The molecular weight excluding hydrogens is 188 g/mol. The summed E-state index contributed by atoms with van der Waals surface area (Å²) >= 11 is 0. The minimum atomic E-state index is 0.956. The monoisotopic (exact) mass is 200 g/mol. The highest BCUT2D eigenvalue weighted by atomic mass is 15.4. The van der Waals surface area contributed by atoms with Crippen LogP contribution in [0.3, 0.4) is 0 Å². The van der Waals surface area contributed by atoms with Crippen molar-refractivity contribution >= 4 is 0 Å². The number of hydrogen-bond donors (Lipinski definition) is 1.